The van der Waals surface area contributed by atoms with Gasteiger partial charge in [0.2, 0.25) is 5.91 Å². The van der Waals surface area contributed by atoms with Crippen LogP contribution in [-0.2, 0) is 4.79 Å². The van der Waals surface area contributed by atoms with Crippen LogP contribution in [0.5, 0.6) is 5.75 Å². The number of para-hydroxylation sites is 1. The largest absolute Gasteiger partial charge is 0.508 e. The minimum absolute atomic E-state index is 0.0322. The summed E-state index contributed by atoms with van der Waals surface area (Å²) in [5.74, 6) is -0.259. The van der Waals surface area contributed by atoms with E-state index in [0.717, 1.165) is 11.5 Å². The van der Waals surface area contributed by atoms with E-state index >= 15 is 0 Å². The highest BCUT2D eigenvalue weighted by Gasteiger charge is 2.12. The van der Waals surface area contributed by atoms with Gasteiger partial charge in [-0.25, -0.2) is 4.79 Å². The average molecular weight is 353 g/mol. The zero-order valence-electron chi connectivity index (χ0n) is 14.9. The van der Waals surface area contributed by atoms with Gasteiger partial charge < -0.3 is 15.5 Å². The summed E-state index contributed by atoms with van der Waals surface area (Å²) in [6.07, 6.45) is 5.87. The summed E-state index contributed by atoms with van der Waals surface area (Å²) in [5.41, 5.74) is 1.74. The molecular weight excluding hydrogens is 330 g/mol. The highest BCUT2D eigenvalue weighted by Crippen LogP contribution is 2.26. The molecule has 0 aromatic heterocycles. The van der Waals surface area contributed by atoms with E-state index in [4.69, 9.17) is 5.11 Å². The van der Waals surface area contributed by atoms with E-state index in [-0.39, 0.29) is 17.0 Å². The van der Waals surface area contributed by atoms with Gasteiger partial charge in [0.15, 0.2) is 0 Å². The van der Waals surface area contributed by atoms with E-state index in [1.807, 2.05) is 0 Å². The van der Waals surface area contributed by atoms with E-state index in [1.165, 1.54) is 31.1 Å². The van der Waals surface area contributed by atoms with E-state index in [1.54, 1.807) is 43.3 Å². The Labute approximate surface area is 153 Å². The van der Waals surface area contributed by atoms with Crippen molar-refractivity contribution in [1.29, 1.82) is 0 Å². The van der Waals surface area contributed by atoms with Crippen molar-refractivity contribution in [1.82, 2.24) is 0 Å². The number of aromatic carboxylic acids is 1. The third-order valence-electron chi connectivity index (χ3n) is 3.93. The summed E-state index contributed by atoms with van der Waals surface area (Å²) in [6.45, 7) is 4.04. The second-order valence-corrected chi connectivity index (χ2v) is 6.40. The number of carboxylic acids is 1. The Morgan fingerprint density at radius 1 is 1.15 bits per heavy atom. The minimum atomic E-state index is -1.10. The van der Waals surface area contributed by atoms with Gasteiger partial charge >= 0.3 is 5.97 Å². The molecule has 1 aliphatic rings. The van der Waals surface area contributed by atoms with E-state index < -0.39 is 11.9 Å². The maximum absolute atomic E-state index is 11.9. The molecule has 1 fully saturated rings. The van der Waals surface area contributed by atoms with Crippen LogP contribution in [-0.4, -0.2) is 22.1 Å². The zero-order valence-corrected chi connectivity index (χ0v) is 14.9. The molecule has 0 atom stereocenters. The molecule has 2 aromatic rings. The monoisotopic (exact) mass is 353 g/mol. The molecule has 0 saturated heterocycles. The molecule has 0 heterocycles. The predicted molar refractivity (Wildman–Crippen MR) is 102 cm³/mol. The van der Waals surface area contributed by atoms with Crippen LogP contribution in [0.25, 0.3) is 6.08 Å². The van der Waals surface area contributed by atoms with Crippen LogP contribution in [0.4, 0.5) is 5.69 Å². The summed E-state index contributed by atoms with van der Waals surface area (Å²) < 4.78 is 0. The van der Waals surface area contributed by atoms with Crippen molar-refractivity contribution >= 4 is 23.6 Å². The van der Waals surface area contributed by atoms with Crippen molar-refractivity contribution in [2.75, 3.05) is 5.32 Å². The number of amides is 1. The zero-order chi connectivity index (χ0) is 19.1. The second kappa shape index (κ2) is 8.85. The van der Waals surface area contributed by atoms with Gasteiger partial charge in [-0.15, -0.1) is 0 Å². The third kappa shape index (κ3) is 6.09. The molecule has 136 valence electrons. The van der Waals surface area contributed by atoms with Crippen LogP contribution in [0.2, 0.25) is 0 Å². The first-order valence-corrected chi connectivity index (χ1v) is 8.48. The number of rotatable bonds is 4. The Morgan fingerprint density at radius 2 is 1.81 bits per heavy atom. The minimum Gasteiger partial charge on any atom is -0.508 e. The Balaban J connectivity index is 0.000000534. The maximum atomic E-state index is 11.9. The first kappa shape index (κ1) is 19.2. The van der Waals surface area contributed by atoms with Crippen molar-refractivity contribution < 1.29 is 19.8 Å². The summed E-state index contributed by atoms with van der Waals surface area (Å²) >= 11 is 0. The molecule has 0 spiro atoms. The number of hydrogen-bond acceptors (Lipinski definition) is 3. The van der Waals surface area contributed by atoms with Gasteiger partial charge in [0.25, 0.3) is 0 Å². The first-order valence-electron chi connectivity index (χ1n) is 8.48. The summed E-state index contributed by atoms with van der Waals surface area (Å²) in [4.78, 5) is 22.9. The lowest BCUT2D eigenvalue weighted by Crippen LogP contribution is -2.11. The van der Waals surface area contributed by atoms with Crippen LogP contribution in [0.15, 0.2) is 48.5 Å². The lowest BCUT2D eigenvalue weighted by molar-refractivity contribution is -0.111. The number of carbonyl (C=O) groups is 2. The molecular formula is C21H23NO4. The van der Waals surface area contributed by atoms with Crippen molar-refractivity contribution in [2.45, 2.75) is 26.7 Å². The predicted octanol–water partition coefficient (Wildman–Crippen LogP) is 4.47. The molecule has 0 radical (unpaired) electrons. The number of phenolic OH excluding ortho intramolecular Hbond substituents is 1. The van der Waals surface area contributed by atoms with Crippen LogP contribution >= 0.6 is 0 Å². The molecule has 5 heteroatoms. The Hall–Kier alpha value is -3.08. The smallest absolute Gasteiger partial charge is 0.337 e. The van der Waals surface area contributed by atoms with Crippen molar-refractivity contribution in [3.8, 4) is 5.75 Å². The van der Waals surface area contributed by atoms with Gasteiger partial charge in [-0.3, -0.25) is 4.79 Å². The Kier molecular flexibility index (Phi) is 6.55. The van der Waals surface area contributed by atoms with Gasteiger partial charge in [-0.2, -0.15) is 0 Å². The molecule has 26 heavy (non-hydrogen) atoms. The van der Waals surface area contributed by atoms with Crippen molar-refractivity contribution in [3.63, 3.8) is 0 Å². The fraction of sp³-hybridized carbons (Fsp3) is 0.238. The van der Waals surface area contributed by atoms with Gasteiger partial charge in [-0.1, -0.05) is 38.0 Å². The standard InChI is InChI=1S/C17H15NO4.C4H8/c1-11-10-12(6-8-15(11)19)7-9-16(20)18-14-5-3-2-4-13(14)17(21)22;1-4-2-3-4/h2-10,19H,1H3,(H,18,20)(H,21,22);4H,2-3H2,1H3/b9-7+;. The molecule has 3 N–H and O–H groups in total. The fourth-order valence-corrected chi connectivity index (χ4v) is 2.07. The molecule has 3 rings (SSSR count). The molecule has 1 aliphatic carbocycles. The fourth-order valence-electron chi connectivity index (χ4n) is 2.07. The van der Waals surface area contributed by atoms with E-state index in [2.05, 4.69) is 12.2 Å². The summed E-state index contributed by atoms with van der Waals surface area (Å²) in [6, 6.07) is 11.2. The van der Waals surface area contributed by atoms with Crippen molar-refractivity contribution in [2.24, 2.45) is 5.92 Å². The quantitative estimate of drug-likeness (QED) is 0.708. The average Bonchev–Trinajstić information content (AvgIpc) is 3.39. The summed E-state index contributed by atoms with van der Waals surface area (Å²) in [7, 11) is 0. The van der Waals surface area contributed by atoms with Gasteiger partial charge in [0, 0.05) is 6.08 Å². The van der Waals surface area contributed by atoms with Crippen molar-refractivity contribution in [3.05, 3.63) is 65.2 Å². The SMILES string of the molecule is CC1CC1.Cc1cc(/C=C/C(=O)Nc2ccccc2C(=O)O)ccc1O. The van der Waals surface area contributed by atoms with Gasteiger partial charge in [0.1, 0.15) is 5.75 Å². The molecule has 2 aromatic carbocycles. The van der Waals surface area contributed by atoms with Gasteiger partial charge in [-0.05, 0) is 54.3 Å². The number of carboxylic acid groups (broad SMARTS) is 1. The van der Waals surface area contributed by atoms with E-state index in [9.17, 15) is 14.7 Å². The number of nitrogens with one attached hydrogen (secondary N) is 1. The number of carbonyl (C=O) groups excluding carboxylic acids is 1. The lowest BCUT2D eigenvalue weighted by Gasteiger charge is -2.06. The number of phenols is 1. The molecule has 1 amide bonds. The Bertz CT molecular complexity index is 823. The highest BCUT2D eigenvalue weighted by molar-refractivity contribution is 6.06. The topological polar surface area (TPSA) is 86.6 Å². The molecule has 5 nitrogen and oxygen atoms in total. The van der Waals surface area contributed by atoms with Gasteiger partial charge in [0.05, 0.1) is 11.3 Å². The van der Waals surface area contributed by atoms with Crippen LogP contribution < -0.4 is 5.32 Å². The molecule has 1 saturated carbocycles. The number of anilines is 1. The lowest BCUT2D eigenvalue weighted by atomic mass is 10.1. The number of benzene rings is 2. The van der Waals surface area contributed by atoms with Crippen LogP contribution in [0.3, 0.4) is 0 Å². The molecule has 0 bridgehead atoms. The number of aromatic hydroxyl groups is 1. The Morgan fingerprint density at radius 3 is 2.38 bits per heavy atom. The maximum Gasteiger partial charge on any atom is 0.337 e. The van der Waals surface area contributed by atoms with Crippen LogP contribution in [0, 0.1) is 12.8 Å². The second-order valence-electron chi connectivity index (χ2n) is 6.40. The summed E-state index contributed by atoms with van der Waals surface area (Å²) in [5, 5.41) is 21.0. The normalized spacial score (nSPS) is 13.0. The molecule has 0 aliphatic heterocycles. The van der Waals surface area contributed by atoms with Crippen LogP contribution in [0.1, 0.15) is 41.3 Å². The highest BCUT2D eigenvalue weighted by atomic mass is 16.4. The third-order valence-corrected chi connectivity index (χ3v) is 3.93. The molecule has 0 unspecified atom stereocenters. The van der Waals surface area contributed by atoms with E-state index in [0.29, 0.717) is 5.56 Å². The first-order chi connectivity index (χ1) is 12.4. The number of hydrogen-bond donors (Lipinski definition) is 3. The number of aryl methyl sites for hydroxylation is 1.